The number of fused-ring (bicyclic) bond motifs is 1. The van der Waals surface area contributed by atoms with Crippen molar-refractivity contribution < 1.29 is 0 Å². The first-order valence-corrected chi connectivity index (χ1v) is 4.57. The number of benzene rings is 1. The standard InChI is InChI=1S/C9H9NS/c1-7-6-11-10-9-5-3-2-4-8(7)9/h2-5H,6H2,1H3. The van der Waals surface area contributed by atoms with Crippen LogP contribution in [0.2, 0.25) is 0 Å². The molecular weight excluding hydrogens is 154 g/mol. The maximum Gasteiger partial charge on any atom is 0.0785 e. The largest absolute Gasteiger partial charge is 0.216 e. The Morgan fingerprint density at radius 2 is 2.18 bits per heavy atom. The van der Waals surface area contributed by atoms with Crippen molar-refractivity contribution in [2.45, 2.75) is 6.92 Å². The van der Waals surface area contributed by atoms with Crippen molar-refractivity contribution >= 4 is 17.5 Å². The second-order valence-electron chi connectivity index (χ2n) is 2.66. The quantitative estimate of drug-likeness (QED) is 0.522. The summed E-state index contributed by atoms with van der Waals surface area (Å²) < 4.78 is 4.34. The van der Waals surface area contributed by atoms with Crippen LogP contribution in [0.3, 0.4) is 0 Å². The van der Waals surface area contributed by atoms with E-state index >= 15 is 0 Å². The van der Waals surface area contributed by atoms with Crippen LogP contribution in [0.1, 0.15) is 6.92 Å². The van der Waals surface area contributed by atoms with Crippen molar-refractivity contribution in [2.24, 2.45) is 4.40 Å². The molecule has 0 unspecified atom stereocenters. The van der Waals surface area contributed by atoms with Gasteiger partial charge in [-0.05, 0) is 24.9 Å². The molecule has 1 aromatic carbocycles. The van der Waals surface area contributed by atoms with Gasteiger partial charge in [0, 0.05) is 11.0 Å². The highest BCUT2D eigenvalue weighted by molar-refractivity contribution is 7.98. The van der Waals surface area contributed by atoms with Gasteiger partial charge in [0.1, 0.15) is 0 Å². The maximum atomic E-state index is 4.34. The second-order valence-corrected chi connectivity index (χ2v) is 3.39. The van der Waals surface area contributed by atoms with Gasteiger partial charge in [-0.15, -0.1) is 0 Å². The predicted octanol–water partition coefficient (Wildman–Crippen LogP) is 1.14. The summed E-state index contributed by atoms with van der Waals surface area (Å²) >= 11 is 1.63. The zero-order chi connectivity index (χ0) is 7.68. The van der Waals surface area contributed by atoms with Gasteiger partial charge in [0.05, 0.1) is 5.36 Å². The van der Waals surface area contributed by atoms with Crippen molar-refractivity contribution in [1.82, 2.24) is 0 Å². The molecule has 1 aromatic rings. The Hall–Kier alpha value is -0.760. The van der Waals surface area contributed by atoms with Crippen LogP contribution in [0.4, 0.5) is 0 Å². The summed E-state index contributed by atoms with van der Waals surface area (Å²) in [6.45, 7) is 2.17. The predicted molar refractivity (Wildman–Crippen MR) is 48.8 cm³/mol. The molecule has 1 heterocycles. The van der Waals surface area contributed by atoms with Crippen LogP contribution in [-0.2, 0) is 0 Å². The summed E-state index contributed by atoms with van der Waals surface area (Å²) in [4.78, 5) is 0. The van der Waals surface area contributed by atoms with Crippen LogP contribution in [0.25, 0.3) is 5.57 Å². The molecule has 0 fully saturated rings. The normalized spacial score (nSPS) is 15.5. The third-order valence-electron chi connectivity index (χ3n) is 1.81. The molecule has 0 aliphatic carbocycles. The van der Waals surface area contributed by atoms with Crippen LogP contribution in [0, 0.1) is 0 Å². The van der Waals surface area contributed by atoms with E-state index < -0.39 is 0 Å². The molecule has 1 aliphatic heterocycles. The number of nitrogens with zero attached hydrogens (tertiary/aromatic N) is 1. The summed E-state index contributed by atoms with van der Waals surface area (Å²) in [5, 5.41) is 2.44. The van der Waals surface area contributed by atoms with Gasteiger partial charge in [0.15, 0.2) is 0 Å². The molecule has 0 radical (unpaired) electrons. The Kier molecular flexibility index (Phi) is 1.70. The lowest BCUT2D eigenvalue weighted by atomic mass is 10.2. The molecule has 2 rings (SSSR count). The molecule has 0 spiro atoms. The van der Waals surface area contributed by atoms with E-state index in [2.05, 4.69) is 29.5 Å². The molecule has 1 aliphatic rings. The second kappa shape index (κ2) is 2.70. The van der Waals surface area contributed by atoms with E-state index in [9.17, 15) is 0 Å². The van der Waals surface area contributed by atoms with Crippen LogP contribution in [-0.4, -0.2) is 5.75 Å². The molecule has 56 valence electrons. The summed E-state index contributed by atoms with van der Waals surface area (Å²) in [7, 11) is 0. The van der Waals surface area contributed by atoms with Crippen LogP contribution in [0.15, 0.2) is 28.7 Å². The highest BCUT2D eigenvalue weighted by atomic mass is 32.2. The molecule has 0 N–H and O–H groups in total. The van der Waals surface area contributed by atoms with Gasteiger partial charge in [0.2, 0.25) is 0 Å². The lowest BCUT2D eigenvalue weighted by molar-refractivity contribution is 1.34. The molecule has 2 heteroatoms. The van der Waals surface area contributed by atoms with Crippen molar-refractivity contribution in [1.29, 1.82) is 0 Å². The fraction of sp³-hybridized carbons (Fsp3) is 0.222. The smallest absolute Gasteiger partial charge is 0.0785 e. The Balaban J connectivity index is 2.89. The summed E-state index contributed by atoms with van der Waals surface area (Å²) in [6.07, 6.45) is 0. The molecule has 0 atom stereocenters. The molecule has 0 bridgehead atoms. The Morgan fingerprint density at radius 1 is 1.36 bits per heavy atom. The SMILES string of the molecule is CC1=c2ccccc2=NSC1. The minimum atomic E-state index is 1.04. The number of hydrogen-bond acceptors (Lipinski definition) is 2. The van der Waals surface area contributed by atoms with Gasteiger partial charge in [-0.25, -0.2) is 4.40 Å². The Morgan fingerprint density at radius 3 is 3.00 bits per heavy atom. The Bertz CT molecular complexity index is 381. The monoisotopic (exact) mass is 163 g/mol. The van der Waals surface area contributed by atoms with Gasteiger partial charge in [-0.1, -0.05) is 23.8 Å². The Labute approximate surface area is 70.0 Å². The van der Waals surface area contributed by atoms with Gasteiger partial charge >= 0.3 is 0 Å². The zero-order valence-electron chi connectivity index (χ0n) is 6.37. The molecular formula is C9H9NS. The first-order chi connectivity index (χ1) is 5.38. The highest BCUT2D eigenvalue weighted by Crippen LogP contribution is 2.08. The highest BCUT2D eigenvalue weighted by Gasteiger charge is 1.98. The van der Waals surface area contributed by atoms with Gasteiger partial charge in [-0.3, -0.25) is 0 Å². The third kappa shape index (κ3) is 1.18. The van der Waals surface area contributed by atoms with Crippen molar-refractivity contribution in [2.75, 3.05) is 5.75 Å². The molecule has 1 nitrogen and oxygen atoms in total. The van der Waals surface area contributed by atoms with Gasteiger partial charge < -0.3 is 0 Å². The maximum absolute atomic E-state index is 4.34. The minimum Gasteiger partial charge on any atom is -0.216 e. The van der Waals surface area contributed by atoms with Crippen LogP contribution < -0.4 is 10.6 Å². The first kappa shape index (κ1) is 6.92. The van der Waals surface area contributed by atoms with E-state index in [1.165, 1.54) is 10.8 Å². The summed E-state index contributed by atoms with van der Waals surface area (Å²) in [6, 6.07) is 8.29. The molecule has 0 saturated heterocycles. The van der Waals surface area contributed by atoms with Crippen LogP contribution in [0.5, 0.6) is 0 Å². The van der Waals surface area contributed by atoms with E-state index in [-0.39, 0.29) is 0 Å². The van der Waals surface area contributed by atoms with E-state index in [4.69, 9.17) is 0 Å². The lowest BCUT2D eigenvalue weighted by Crippen LogP contribution is -2.28. The van der Waals surface area contributed by atoms with Crippen molar-refractivity contribution in [3.8, 4) is 0 Å². The molecule has 0 saturated carbocycles. The summed E-state index contributed by atoms with van der Waals surface area (Å²) in [5.74, 6) is 1.04. The van der Waals surface area contributed by atoms with E-state index in [0.29, 0.717) is 0 Å². The fourth-order valence-electron chi connectivity index (χ4n) is 1.19. The topological polar surface area (TPSA) is 12.4 Å². The van der Waals surface area contributed by atoms with E-state index in [0.717, 1.165) is 11.1 Å². The van der Waals surface area contributed by atoms with E-state index in [1.54, 1.807) is 11.9 Å². The average Bonchev–Trinajstić information content (AvgIpc) is 2.06. The molecule has 0 aromatic heterocycles. The first-order valence-electron chi connectivity index (χ1n) is 3.63. The van der Waals surface area contributed by atoms with Crippen LogP contribution >= 0.6 is 11.9 Å². The van der Waals surface area contributed by atoms with Crippen molar-refractivity contribution in [3.05, 3.63) is 34.8 Å². The van der Waals surface area contributed by atoms with Gasteiger partial charge in [-0.2, -0.15) is 0 Å². The lowest BCUT2D eigenvalue weighted by Gasteiger charge is -2.02. The number of hydrogen-bond donors (Lipinski definition) is 0. The van der Waals surface area contributed by atoms with Gasteiger partial charge in [0.25, 0.3) is 0 Å². The third-order valence-corrected chi connectivity index (χ3v) is 2.70. The molecule has 11 heavy (non-hydrogen) atoms. The fourth-order valence-corrected chi connectivity index (χ4v) is 1.90. The summed E-state index contributed by atoms with van der Waals surface area (Å²) in [5.41, 5.74) is 1.43. The van der Waals surface area contributed by atoms with Crippen molar-refractivity contribution in [3.63, 3.8) is 0 Å². The van der Waals surface area contributed by atoms with E-state index in [1.807, 2.05) is 6.07 Å². The number of rotatable bonds is 0. The average molecular weight is 163 g/mol. The minimum absolute atomic E-state index is 1.04. The molecule has 0 amide bonds. The zero-order valence-corrected chi connectivity index (χ0v) is 7.19.